The summed E-state index contributed by atoms with van der Waals surface area (Å²) in [6.07, 6.45) is 6.04. The molecule has 0 bridgehead atoms. The molecule has 0 saturated carbocycles. The predicted octanol–water partition coefficient (Wildman–Crippen LogP) is 3.49. The van der Waals surface area contributed by atoms with E-state index in [9.17, 15) is 10.2 Å². The van der Waals surface area contributed by atoms with Crippen LogP contribution >= 0.6 is 0 Å². The van der Waals surface area contributed by atoms with Gasteiger partial charge in [0.1, 0.15) is 36.2 Å². The maximum Gasteiger partial charge on any atom is 0.146 e. The molecule has 7 heteroatoms. The number of aliphatic hydroxyl groups excluding tert-OH is 2. The molecule has 2 atom stereocenters. The van der Waals surface area contributed by atoms with Gasteiger partial charge in [0.05, 0.1) is 6.61 Å². The summed E-state index contributed by atoms with van der Waals surface area (Å²) in [5, 5.41) is 19.6. The summed E-state index contributed by atoms with van der Waals surface area (Å²) in [5.74, 6) is 8.20. The summed E-state index contributed by atoms with van der Waals surface area (Å²) in [6.45, 7) is 1.86. The first-order valence-electron chi connectivity index (χ1n) is 10.3. The van der Waals surface area contributed by atoms with Gasteiger partial charge in [-0.05, 0) is 42.3 Å². The number of imidazole rings is 2. The maximum atomic E-state index is 9.83. The standard InChI is InChI=1S/C25H24N4O3/c1-18(31)25-28-14-15-29(25)22(16-30)9-4-19-2-5-20(6-3-19)21-7-10-23(11-8-21)32-17-24-26-12-13-27-24/h2-3,5-8,10-15,18,22,30-31H,16-17H2,1H3,(H,26,27)/t18-,22-/m0/s1. The fourth-order valence-corrected chi connectivity index (χ4v) is 3.30. The number of aromatic amines is 1. The van der Waals surface area contributed by atoms with E-state index in [-0.39, 0.29) is 6.61 Å². The van der Waals surface area contributed by atoms with E-state index < -0.39 is 12.1 Å². The molecule has 4 aromatic rings. The number of aromatic nitrogens is 4. The number of rotatable bonds is 7. The quantitative estimate of drug-likeness (QED) is 0.392. The number of hydrogen-bond acceptors (Lipinski definition) is 5. The second-order valence-corrected chi connectivity index (χ2v) is 7.26. The van der Waals surface area contributed by atoms with Gasteiger partial charge in [0, 0.05) is 30.4 Å². The number of nitrogens with one attached hydrogen (secondary N) is 1. The molecule has 0 aliphatic heterocycles. The van der Waals surface area contributed by atoms with Gasteiger partial charge >= 0.3 is 0 Å². The second kappa shape index (κ2) is 9.96. The Labute approximate surface area is 186 Å². The van der Waals surface area contributed by atoms with Gasteiger partial charge < -0.3 is 24.5 Å². The first kappa shape index (κ1) is 21.4. The Morgan fingerprint density at radius 1 is 1.03 bits per heavy atom. The molecule has 0 spiro atoms. The van der Waals surface area contributed by atoms with Crippen LogP contribution in [-0.4, -0.2) is 36.3 Å². The van der Waals surface area contributed by atoms with Crippen LogP contribution in [0, 0.1) is 11.8 Å². The lowest BCUT2D eigenvalue weighted by Gasteiger charge is -2.14. The monoisotopic (exact) mass is 428 g/mol. The van der Waals surface area contributed by atoms with Gasteiger partial charge in [-0.1, -0.05) is 36.1 Å². The highest BCUT2D eigenvalue weighted by Crippen LogP contribution is 2.23. The summed E-state index contributed by atoms with van der Waals surface area (Å²) < 4.78 is 7.42. The van der Waals surface area contributed by atoms with Crippen molar-refractivity contribution in [1.82, 2.24) is 19.5 Å². The van der Waals surface area contributed by atoms with Crippen LogP contribution in [0.25, 0.3) is 11.1 Å². The zero-order valence-corrected chi connectivity index (χ0v) is 17.6. The number of nitrogens with zero attached hydrogens (tertiary/aromatic N) is 3. The van der Waals surface area contributed by atoms with Crippen molar-refractivity contribution in [1.29, 1.82) is 0 Å². The zero-order valence-electron chi connectivity index (χ0n) is 17.6. The third kappa shape index (κ3) is 5.06. The van der Waals surface area contributed by atoms with Crippen LogP contribution in [0.1, 0.15) is 36.3 Å². The molecule has 0 radical (unpaired) electrons. The van der Waals surface area contributed by atoms with Crippen molar-refractivity contribution < 1.29 is 14.9 Å². The number of ether oxygens (including phenoxy) is 1. The molecule has 0 aliphatic rings. The molecule has 32 heavy (non-hydrogen) atoms. The van der Waals surface area contributed by atoms with E-state index in [0.717, 1.165) is 28.3 Å². The van der Waals surface area contributed by atoms with Crippen molar-refractivity contribution in [3.63, 3.8) is 0 Å². The van der Waals surface area contributed by atoms with Crippen LogP contribution in [0.3, 0.4) is 0 Å². The smallest absolute Gasteiger partial charge is 0.146 e. The number of benzene rings is 2. The average molecular weight is 428 g/mol. The van der Waals surface area contributed by atoms with Crippen molar-refractivity contribution in [2.24, 2.45) is 0 Å². The largest absolute Gasteiger partial charge is 0.486 e. The number of H-pyrrole nitrogens is 1. The number of aliphatic hydroxyl groups is 2. The highest BCUT2D eigenvalue weighted by Gasteiger charge is 2.14. The molecule has 3 N–H and O–H groups in total. The van der Waals surface area contributed by atoms with Crippen molar-refractivity contribution in [3.8, 4) is 28.7 Å². The van der Waals surface area contributed by atoms with Crippen LogP contribution in [0.15, 0.2) is 73.3 Å². The molecule has 2 aromatic carbocycles. The molecule has 0 unspecified atom stereocenters. The van der Waals surface area contributed by atoms with E-state index in [1.807, 2.05) is 48.5 Å². The van der Waals surface area contributed by atoms with Gasteiger partial charge in [0.15, 0.2) is 0 Å². The van der Waals surface area contributed by atoms with Crippen molar-refractivity contribution >= 4 is 0 Å². The molecule has 0 fully saturated rings. The molecule has 0 saturated heterocycles. The second-order valence-electron chi connectivity index (χ2n) is 7.26. The van der Waals surface area contributed by atoms with E-state index >= 15 is 0 Å². The van der Waals surface area contributed by atoms with E-state index in [2.05, 4.69) is 26.8 Å². The van der Waals surface area contributed by atoms with Gasteiger partial charge in [0.2, 0.25) is 0 Å². The van der Waals surface area contributed by atoms with Crippen LogP contribution in [0.5, 0.6) is 5.75 Å². The fraction of sp³-hybridized carbons (Fsp3) is 0.200. The summed E-state index contributed by atoms with van der Waals surface area (Å²) in [7, 11) is 0. The Balaban J connectivity index is 1.42. The lowest BCUT2D eigenvalue weighted by Crippen LogP contribution is -2.15. The summed E-state index contributed by atoms with van der Waals surface area (Å²) >= 11 is 0. The molecule has 0 amide bonds. The Hall–Kier alpha value is -3.86. The Kier molecular flexibility index (Phi) is 6.66. The van der Waals surface area contributed by atoms with Crippen molar-refractivity contribution in [3.05, 3.63) is 90.5 Å². The minimum atomic E-state index is -0.734. The van der Waals surface area contributed by atoms with E-state index in [1.54, 1.807) is 36.3 Å². The number of hydrogen-bond donors (Lipinski definition) is 3. The predicted molar refractivity (Wildman–Crippen MR) is 121 cm³/mol. The third-order valence-electron chi connectivity index (χ3n) is 4.97. The Bertz CT molecular complexity index is 1180. The normalized spacial score (nSPS) is 12.6. The lowest BCUT2D eigenvalue weighted by atomic mass is 10.0. The molecular formula is C25H24N4O3. The van der Waals surface area contributed by atoms with E-state index in [4.69, 9.17) is 4.74 Å². The molecule has 162 valence electrons. The summed E-state index contributed by atoms with van der Waals surface area (Å²) in [6, 6.07) is 15.3. The maximum absolute atomic E-state index is 9.83. The van der Waals surface area contributed by atoms with Gasteiger partial charge in [-0.3, -0.25) is 0 Å². The molecule has 4 rings (SSSR count). The Morgan fingerprint density at radius 3 is 2.38 bits per heavy atom. The van der Waals surface area contributed by atoms with Crippen molar-refractivity contribution in [2.75, 3.05) is 6.61 Å². The van der Waals surface area contributed by atoms with Gasteiger partial charge in [-0.25, -0.2) is 9.97 Å². The van der Waals surface area contributed by atoms with Gasteiger partial charge in [-0.2, -0.15) is 0 Å². The van der Waals surface area contributed by atoms with E-state index in [0.29, 0.717) is 12.4 Å². The minimum absolute atomic E-state index is 0.171. The summed E-state index contributed by atoms with van der Waals surface area (Å²) in [4.78, 5) is 11.3. The van der Waals surface area contributed by atoms with Gasteiger partial charge in [-0.15, -0.1) is 0 Å². The van der Waals surface area contributed by atoms with Crippen LogP contribution in [0.4, 0.5) is 0 Å². The molecule has 0 aliphatic carbocycles. The molecule has 2 heterocycles. The third-order valence-corrected chi connectivity index (χ3v) is 4.97. The topological polar surface area (TPSA) is 96.2 Å². The van der Waals surface area contributed by atoms with Crippen LogP contribution < -0.4 is 4.74 Å². The van der Waals surface area contributed by atoms with Crippen LogP contribution in [-0.2, 0) is 6.61 Å². The van der Waals surface area contributed by atoms with Crippen LogP contribution in [0.2, 0.25) is 0 Å². The van der Waals surface area contributed by atoms with Crippen molar-refractivity contribution in [2.45, 2.75) is 25.7 Å². The first-order chi connectivity index (χ1) is 15.6. The zero-order chi connectivity index (χ0) is 22.3. The molecule has 2 aromatic heterocycles. The first-order valence-corrected chi connectivity index (χ1v) is 10.3. The lowest BCUT2D eigenvalue weighted by molar-refractivity contribution is 0.176. The highest BCUT2D eigenvalue weighted by atomic mass is 16.5. The average Bonchev–Trinajstić information content (AvgIpc) is 3.52. The molecular weight excluding hydrogens is 404 g/mol. The fourth-order valence-electron chi connectivity index (χ4n) is 3.30. The van der Waals surface area contributed by atoms with E-state index in [1.165, 1.54) is 0 Å². The SMILES string of the molecule is C[C@H](O)c1nccn1[C@@H](C#Cc1ccc(-c2ccc(OCc3ncc[nH]3)cc2)cc1)CO. The molecule has 7 nitrogen and oxygen atoms in total. The summed E-state index contributed by atoms with van der Waals surface area (Å²) in [5.41, 5.74) is 2.98. The Morgan fingerprint density at radius 2 is 1.75 bits per heavy atom. The highest BCUT2D eigenvalue weighted by molar-refractivity contribution is 5.65. The minimum Gasteiger partial charge on any atom is -0.486 e. The van der Waals surface area contributed by atoms with Gasteiger partial charge in [0.25, 0.3) is 0 Å².